The van der Waals surface area contributed by atoms with Crippen LogP contribution in [0.2, 0.25) is 10.0 Å². The van der Waals surface area contributed by atoms with Crippen molar-refractivity contribution in [2.45, 2.75) is 13.8 Å². The fraction of sp³-hybridized carbons (Fsp3) is 0.176. The summed E-state index contributed by atoms with van der Waals surface area (Å²) in [5, 5.41) is 6.59. The number of benzene rings is 2. The summed E-state index contributed by atoms with van der Waals surface area (Å²) in [5.74, 6) is -0.00671. The second kappa shape index (κ2) is 8.33. The molecule has 7 heteroatoms. The van der Waals surface area contributed by atoms with E-state index >= 15 is 0 Å². The number of hydrogen-bond acceptors (Lipinski definition) is 3. The van der Waals surface area contributed by atoms with Gasteiger partial charge < -0.3 is 10.1 Å². The van der Waals surface area contributed by atoms with Crippen LogP contribution in [0.5, 0.6) is 5.75 Å². The third kappa shape index (κ3) is 5.37. The van der Waals surface area contributed by atoms with Crippen molar-refractivity contribution in [2.75, 3.05) is 11.9 Å². The van der Waals surface area contributed by atoms with Crippen LogP contribution in [0.1, 0.15) is 11.1 Å². The van der Waals surface area contributed by atoms with Gasteiger partial charge >= 0.3 is 0 Å². The first-order chi connectivity index (χ1) is 11.3. The van der Waals surface area contributed by atoms with Crippen LogP contribution in [0.25, 0.3) is 0 Å². The number of amides is 1. The molecule has 4 nitrogen and oxygen atoms in total. The summed E-state index contributed by atoms with van der Waals surface area (Å²) in [6.45, 7) is 3.76. The minimum Gasteiger partial charge on any atom is -0.482 e. The van der Waals surface area contributed by atoms with Crippen molar-refractivity contribution in [3.63, 3.8) is 0 Å². The Morgan fingerprint density at radius 2 is 1.92 bits per heavy atom. The second-order valence-corrected chi connectivity index (χ2v) is 6.44. The zero-order valence-electron chi connectivity index (χ0n) is 13.2. The van der Waals surface area contributed by atoms with Crippen molar-refractivity contribution in [1.82, 2.24) is 5.32 Å². The predicted octanol–water partition coefficient (Wildman–Crippen LogP) is 4.50. The molecule has 126 valence electrons. The lowest BCUT2D eigenvalue weighted by Crippen LogP contribution is -2.37. The van der Waals surface area contributed by atoms with Crippen molar-refractivity contribution in [1.29, 1.82) is 0 Å². The van der Waals surface area contributed by atoms with Crippen molar-refractivity contribution in [3.05, 3.63) is 57.6 Å². The zero-order chi connectivity index (χ0) is 17.7. The number of carbonyl (C=O) groups is 1. The highest BCUT2D eigenvalue weighted by Crippen LogP contribution is 2.27. The molecule has 0 radical (unpaired) electrons. The number of ether oxygens (including phenoxy) is 1. The average molecular weight is 383 g/mol. The lowest BCUT2D eigenvalue weighted by Gasteiger charge is -2.13. The molecule has 0 heterocycles. The van der Waals surface area contributed by atoms with Crippen LogP contribution in [0, 0.1) is 13.8 Å². The fourth-order valence-electron chi connectivity index (χ4n) is 2.01. The number of thiocarbonyl (C=S) groups is 1. The fourth-order valence-corrected chi connectivity index (χ4v) is 2.69. The highest BCUT2D eigenvalue weighted by molar-refractivity contribution is 7.80. The first kappa shape index (κ1) is 18.5. The normalized spacial score (nSPS) is 10.2. The van der Waals surface area contributed by atoms with E-state index in [1.54, 1.807) is 18.2 Å². The summed E-state index contributed by atoms with van der Waals surface area (Å²) < 4.78 is 5.35. The molecular formula is C17H16Cl2N2O2S. The van der Waals surface area contributed by atoms with Crippen LogP contribution >= 0.6 is 35.4 Å². The molecule has 2 N–H and O–H groups in total. The van der Waals surface area contributed by atoms with Gasteiger partial charge in [0, 0.05) is 10.7 Å². The van der Waals surface area contributed by atoms with Gasteiger partial charge in [0.15, 0.2) is 11.7 Å². The molecule has 0 fully saturated rings. The summed E-state index contributed by atoms with van der Waals surface area (Å²) in [6.07, 6.45) is 0. The van der Waals surface area contributed by atoms with Gasteiger partial charge in [0.1, 0.15) is 5.75 Å². The summed E-state index contributed by atoms with van der Waals surface area (Å²) in [7, 11) is 0. The van der Waals surface area contributed by atoms with Gasteiger partial charge in [0.2, 0.25) is 0 Å². The Morgan fingerprint density at radius 1 is 1.17 bits per heavy atom. The Labute approximate surface area is 156 Å². The van der Waals surface area contributed by atoms with Crippen LogP contribution in [0.15, 0.2) is 36.4 Å². The second-order valence-electron chi connectivity index (χ2n) is 5.18. The molecule has 0 aliphatic carbocycles. The maximum absolute atomic E-state index is 11.9. The lowest BCUT2D eigenvalue weighted by atomic mass is 10.1. The number of carbonyl (C=O) groups excluding carboxylic acids is 1. The molecule has 24 heavy (non-hydrogen) atoms. The smallest absolute Gasteiger partial charge is 0.264 e. The highest BCUT2D eigenvalue weighted by Gasteiger charge is 2.09. The molecule has 1 amide bonds. The monoisotopic (exact) mass is 382 g/mol. The van der Waals surface area contributed by atoms with Gasteiger partial charge in [0.05, 0.1) is 5.02 Å². The number of halogens is 2. The molecule has 0 saturated heterocycles. The largest absolute Gasteiger partial charge is 0.482 e. The number of aryl methyl sites for hydroxylation is 2. The van der Waals surface area contributed by atoms with E-state index in [2.05, 4.69) is 10.6 Å². The maximum Gasteiger partial charge on any atom is 0.264 e. The van der Waals surface area contributed by atoms with Crippen molar-refractivity contribution >= 4 is 52.1 Å². The summed E-state index contributed by atoms with van der Waals surface area (Å²) >= 11 is 16.9. The molecular weight excluding hydrogens is 367 g/mol. The quantitative estimate of drug-likeness (QED) is 0.764. The van der Waals surface area contributed by atoms with E-state index in [1.165, 1.54) is 0 Å². The van der Waals surface area contributed by atoms with Crippen LogP contribution in [0.4, 0.5) is 5.69 Å². The molecule has 0 unspecified atom stereocenters. The molecule has 0 aromatic heterocycles. The molecule has 2 aromatic rings. The predicted molar refractivity (Wildman–Crippen MR) is 102 cm³/mol. The van der Waals surface area contributed by atoms with Gasteiger partial charge in [-0.2, -0.15) is 0 Å². The van der Waals surface area contributed by atoms with Crippen molar-refractivity contribution < 1.29 is 9.53 Å². The average Bonchev–Trinajstić information content (AvgIpc) is 2.49. The van der Waals surface area contributed by atoms with E-state index in [4.69, 9.17) is 40.2 Å². The Bertz CT molecular complexity index is 781. The van der Waals surface area contributed by atoms with Gasteiger partial charge in [-0.05, 0) is 55.9 Å². The lowest BCUT2D eigenvalue weighted by molar-refractivity contribution is -0.121. The van der Waals surface area contributed by atoms with Gasteiger partial charge in [-0.1, -0.05) is 40.9 Å². The van der Waals surface area contributed by atoms with Crippen molar-refractivity contribution in [2.24, 2.45) is 0 Å². The number of nitrogens with one attached hydrogen (secondary N) is 2. The minimum absolute atomic E-state index is 0.206. The first-order valence-corrected chi connectivity index (χ1v) is 8.27. The minimum atomic E-state index is -0.386. The van der Waals surface area contributed by atoms with Crippen LogP contribution < -0.4 is 15.4 Å². The zero-order valence-corrected chi connectivity index (χ0v) is 15.5. The third-order valence-corrected chi connectivity index (χ3v) is 3.87. The molecule has 0 bridgehead atoms. The molecule has 0 saturated carbocycles. The van der Waals surface area contributed by atoms with E-state index in [0.29, 0.717) is 15.8 Å². The molecule has 2 rings (SSSR count). The third-order valence-electron chi connectivity index (χ3n) is 3.14. The summed E-state index contributed by atoms with van der Waals surface area (Å²) in [5.41, 5.74) is 3.03. The maximum atomic E-state index is 11.9. The highest BCUT2D eigenvalue weighted by atomic mass is 35.5. The first-order valence-electron chi connectivity index (χ1n) is 7.11. The Morgan fingerprint density at radius 3 is 2.58 bits per heavy atom. The Balaban J connectivity index is 1.86. The van der Waals surface area contributed by atoms with E-state index in [0.717, 1.165) is 16.8 Å². The van der Waals surface area contributed by atoms with Gasteiger partial charge in [-0.25, -0.2) is 0 Å². The standard InChI is InChI=1S/C17H16Cl2N2O2S/c1-10-3-5-14(11(2)7-10)20-17(24)21-16(22)9-23-15-6-4-12(18)8-13(15)19/h3-8H,9H2,1-2H3,(H2,20,21,22,24). The Hall–Kier alpha value is -1.82. The molecule has 2 aromatic carbocycles. The van der Waals surface area contributed by atoms with Crippen LogP contribution in [-0.2, 0) is 4.79 Å². The number of hydrogen-bond donors (Lipinski definition) is 2. The van der Waals surface area contributed by atoms with E-state index in [9.17, 15) is 4.79 Å². The summed E-state index contributed by atoms with van der Waals surface area (Å²) in [6, 6.07) is 10.7. The van der Waals surface area contributed by atoms with Crippen LogP contribution in [-0.4, -0.2) is 17.6 Å². The molecule has 0 atom stereocenters. The van der Waals surface area contributed by atoms with E-state index in [1.807, 2.05) is 32.0 Å². The van der Waals surface area contributed by atoms with Gasteiger partial charge in [-0.15, -0.1) is 0 Å². The summed E-state index contributed by atoms with van der Waals surface area (Å²) in [4.78, 5) is 11.9. The molecule has 0 aliphatic heterocycles. The van der Waals surface area contributed by atoms with Crippen LogP contribution in [0.3, 0.4) is 0 Å². The van der Waals surface area contributed by atoms with E-state index < -0.39 is 0 Å². The number of rotatable bonds is 4. The topological polar surface area (TPSA) is 50.4 Å². The van der Waals surface area contributed by atoms with Gasteiger partial charge in [0.25, 0.3) is 5.91 Å². The van der Waals surface area contributed by atoms with Gasteiger partial charge in [-0.3, -0.25) is 10.1 Å². The number of anilines is 1. The molecule has 0 aliphatic rings. The van der Waals surface area contributed by atoms with E-state index in [-0.39, 0.29) is 17.6 Å². The van der Waals surface area contributed by atoms with Crippen molar-refractivity contribution in [3.8, 4) is 5.75 Å². The Kier molecular flexibility index (Phi) is 6.43. The molecule has 0 spiro atoms. The SMILES string of the molecule is Cc1ccc(NC(=S)NC(=O)COc2ccc(Cl)cc2Cl)c(C)c1.